The Morgan fingerprint density at radius 3 is 2.61 bits per heavy atom. The second-order valence-electron chi connectivity index (χ2n) is 7.44. The molecule has 0 bridgehead atoms. The van der Waals surface area contributed by atoms with Crippen molar-refractivity contribution >= 4 is 35.8 Å². The van der Waals surface area contributed by atoms with Gasteiger partial charge in [-0.1, -0.05) is 6.07 Å². The van der Waals surface area contributed by atoms with Crippen LogP contribution in [0.5, 0.6) is 5.75 Å². The summed E-state index contributed by atoms with van der Waals surface area (Å²) in [7, 11) is 0. The summed E-state index contributed by atoms with van der Waals surface area (Å²) in [4.78, 5) is 17.8. The molecule has 1 amide bonds. The van der Waals surface area contributed by atoms with E-state index in [0.29, 0.717) is 32.0 Å². The van der Waals surface area contributed by atoms with Gasteiger partial charge in [0.2, 0.25) is 5.91 Å². The van der Waals surface area contributed by atoms with Gasteiger partial charge in [-0.15, -0.1) is 24.0 Å². The van der Waals surface area contributed by atoms with Crippen molar-refractivity contribution in [2.75, 3.05) is 26.2 Å². The highest BCUT2D eigenvalue weighted by molar-refractivity contribution is 14.0. The first-order valence-corrected chi connectivity index (χ1v) is 10.4. The molecule has 0 unspecified atom stereocenters. The fourth-order valence-corrected chi connectivity index (χ4v) is 3.23. The van der Waals surface area contributed by atoms with Gasteiger partial charge in [0.05, 0.1) is 18.2 Å². The average Bonchev–Trinajstić information content (AvgIpc) is 3.07. The van der Waals surface area contributed by atoms with Crippen LogP contribution in [0, 0.1) is 0 Å². The van der Waals surface area contributed by atoms with Crippen molar-refractivity contribution in [2.24, 2.45) is 4.99 Å². The summed E-state index contributed by atoms with van der Waals surface area (Å²) in [5.41, 5.74) is -0.661. The summed E-state index contributed by atoms with van der Waals surface area (Å²) in [5.74, 6) is 0.813. The van der Waals surface area contributed by atoms with Crippen LogP contribution in [-0.4, -0.2) is 49.0 Å². The normalized spacial score (nSPS) is 14.6. The Labute approximate surface area is 199 Å². The second-order valence-corrected chi connectivity index (χ2v) is 7.44. The fraction of sp³-hybridized carbons (Fsp3) is 0.619. The van der Waals surface area contributed by atoms with E-state index in [0.717, 1.165) is 25.5 Å². The second kappa shape index (κ2) is 13.0. The summed E-state index contributed by atoms with van der Waals surface area (Å²) in [6.45, 7) is 7.92. The minimum atomic E-state index is -4.49. The number of aliphatic imine (C=N–C) groups is 1. The number of halogens is 4. The summed E-state index contributed by atoms with van der Waals surface area (Å²) in [5, 5.41) is 6.16. The van der Waals surface area contributed by atoms with Gasteiger partial charge in [0, 0.05) is 32.6 Å². The van der Waals surface area contributed by atoms with Gasteiger partial charge in [0.15, 0.2) is 5.96 Å². The van der Waals surface area contributed by atoms with E-state index in [-0.39, 0.29) is 53.8 Å². The lowest BCUT2D eigenvalue weighted by molar-refractivity contribution is -0.138. The van der Waals surface area contributed by atoms with E-state index < -0.39 is 11.7 Å². The van der Waals surface area contributed by atoms with Gasteiger partial charge in [-0.25, -0.2) is 4.99 Å². The minimum Gasteiger partial charge on any atom is -0.491 e. The molecule has 1 heterocycles. The molecule has 1 fully saturated rings. The van der Waals surface area contributed by atoms with Gasteiger partial charge in [-0.2, -0.15) is 13.2 Å². The van der Waals surface area contributed by atoms with Gasteiger partial charge in [0.25, 0.3) is 0 Å². The summed E-state index contributed by atoms with van der Waals surface area (Å²) >= 11 is 0. The Kier molecular flexibility index (Phi) is 11.4. The topological polar surface area (TPSA) is 66.0 Å². The molecule has 0 aromatic heterocycles. The number of ether oxygens (including phenoxy) is 1. The van der Waals surface area contributed by atoms with Crippen LogP contribution in [0.3, 0.4) is 0 Å². The zero-order chi connectivity index (χ0) is 22.1. The number of rotatable bonds is 9. The van der Waals surface area contributed by atoms with E-state index >= 15 is 0 Å². The minimum absolute atomic E-state index is 0. The summed E-state index contributed by atoms with van der Waals surface area (Å²) < 4.78 is 45.9. The molecular weight excluding hydrogens is 524 g/mol. The molecule has 0 spiro atoms. The van der Waals surface area contributed by atoms with E-state index in [4.69, 9.17) is 4.74 Å². The smallest absolute Gasteiger partial charge is 0.416 e. The predicted molar refractivity (Wildman–Crippen MR) is 126 cm³/mol. The molecule has 1 aliphatic rings. The molecular formula is C21H32F3IN4O2. The first kappa shape index (κ1) is 27.3. The Balaban J connectivity index is 0.00000480. The highest BCUT2D eigenvalue weighted by Gasteiger charge is 2.33. The average molecular weight is 556 g/mol. The molecule has 0 radical (unpaired) electrons. The van der Waals surface area contributed by atoms with Crippen molar-refractivity contribution in [3.8, 4) is 5.75 Å². The van der Waals surface area contributed by atoms with Gasteiger partial charge in [-0.05, 0) is 51.3 Å². The lowest BCUT2D eigenvalue weighted by Crippen LogP contribution is -2.39. The Hall–Kier alpha value is -1.72. The molecule has 10 heteroatoms. The third-order valence-corrected chi connectivity index (χ3v) is 4.58. The molecule has 1 aliphatic heterocycles. The van der Waals surface area contributed by atoms with Crippen LogP contribution >= 0.6 is 24.0 Å². The molecule has 1 aromatic rings. The molecule has 1 aromatic carbocycles. The van der Waals surface area contributed by atoms with Crippen molar-refractivity contribution in [2.45, 2.75) is 58.9 Å². The Bertz CT molecular complexity index is 742. The molecule has 2 rings (SSSR count). The van der Waals surface area contributed by atoms with Crippen LogP contribution in [0.25, 0.3) is 0 Å². The lowest BCUT2D eigenvalue weighted by Gasteiger charge is -2.17. The van der Waals surface area contributed by atoms with Gasteiger partial charge in [-0.3, -0.25) is 4.79 Å². The number of carbonyl (C=O) groups is 1. The first-order chi connectivity index (χ1) is 14.2. The molecule has 1 saturated heterocycles. The van der Waals surface area contributed by atoms with E-state index in [9.17, 15) is 18.0 Å². The maximum Gasteiger partial charge on any atom is 0.416 e. The number of alkyl halides is 3. The third-order valence-electron chi connectivity index (χ3n) is 4.58. The van der Waals surface area contributed by atoms with E-state index in [1.165, 1.54) is 12.1 Å². The molecule has 2 N–H and O–H groups in total. The molecule has 0 saturated carbocycles. The van der Waals surface area contributed by atoms with E-state index in [1.807, 2.05) is 11.8 Å². The first-order valence-electron chi connectivity index (χ1n) is 10.4. The summed E-state index contributed by atoms with van der Waals surface area (Å²) in [6, 6.07) is 3.97. The molecule has 0 aliphatic carbocycles. The van der Waals surface area contributed by atoms with Gasteiger partial charge < -0.3 is 20.3 Å². The van der Waals surface area contributed by atoms with Crippen molar-refractivity contribution in [1.82, 2.24) is 15.5 Å². The molecule has 176 valence electrons. The third kappa shape index (κ3) is 9.12. The number of likely N-dealkylation sites (tertiary alicyclic amines) is 1. The van der Waals surface area contributed by atoms with Crippen LogP contribution in [-0.2, 0) is 17.5 Å². The Morgan fingerprint density at radius 2 is 2.03 bits per heavy atom. The number of nitrogens with one attached hydrogen (secondary N) is 2. The highest BCUT2D eigenvalue weighted by atomic mass is 127. The van der Waals surface area contributed by atoms with Gasteiger partial charge >= 0.3 is 6.18 Å². The van der Waals surface area contributed by atoms with Crippen molar-refractivity contribution < 1.29 is 22.7 Å². The largest absolute Gasteiger partial charge is 0.491 e. The number of carbonyl (C=O) groups excluding carboxylic acids is 1. The number of benzene rings is 1. The molecule has 0 atom stereocenters. The quantitative estimate of drug-likeness (QED) is 0.208. The van der Waals surface area contributed by atoms with Crippen molar-refractivity contribution in [3.63, 3.8) is 0 Å². The van der Waals surface area contributed by atoms with Crippen molar-refractivity contribution in [1.29, 1.82) is 0 Å². The van der Waals surface area contributed by atoms with Crippen LogP contribution in [0.15, 0.2) is 23.2 Å². The van der Waals surface area contributed by atoms with Crippen LogP contribution < -0.4 is 15.4 Å². The van der Waals surface area contributed by atoms with Crippen LogP contribution in [0.4, 0.5) is 13.2 Å². The predicted octanol–water partition coefficient (Wildman–Crippen LogP) is 4.18. The lowest BCUT2D eigenvalue weighted by atomic mass is 10.1. The number of nitrogens with zero attached hydrogens (tertiary/aromatic N) is 2. The Morgan fingerprint density at radius 1 is 1.29 bits per heavy atom. The van der Waals surface area contributed by atoms with E-state index in [1.54, 1.807) is 13.8 Å². The zero-order valence-electron chi connectivity index (χ0n) is 18.2. The maximum absolute atomic E-state index is 13.5. The van der Waals surface area contributed by atoms with Crippen LogP contribution in [0.1, 0.15) is 51.2 Å². The zero-order valence-corrected chi connectivity index (χ0v) is 20.5. The number of guanidine groups is 1. The number of hydrogen-bond acceptors (Lipinski definition) is 3. The molecule has 6 nitrogen and oxygen atoms in total. The SMILES string of the molecule is CCNC(=NCc1ccc(OC(C)C)cc1C(F)(F)F)NCCCN1CCCC1=O.I. The van der Waals surface area contributed by atoms with Crippen LogP contribution in [0.2, 0.25) is 0 Å². The number of hydrogen-bond donors (Lipinski definition) is 2. The maximum atomic E-state index is 13.5. The summed E-state index contributed by atoms with van der Waals surface area (Å²) in [6.07, 6.45) is -2.45. The number of amides is 1. The molecule has 31 heavy (non-hydrogen) atoms. The van der Waals surface area contributed by atoms with E-state index in [2.05, 4.69) is 15.6 Å². The fourth-order valence-electron chi connectivity index (χ4n) is 3.23. The monoisotopic (exact) mass is 556 g/mol. The van der Waals surface area contributed by atoms with Gasteiger partial charge in [0.1, 0.15) is 5.75 Å². The highest BCUT2D eigenvalue weighted by Crippen LogP contribution is 2.35. The van der Waals surface area contributed by atoms with Crippen molar-refractivity contribution in [3.05, 3.63) is 29.3 Å². The standard InChI is InChI=1S/C21H31F3N4O2.HI/c1-4-25-20(26-10-6-12-28-11-5-7-19(28)29)27-14-16-8-9-17(30-15(2)3)13-18(16)21(22,23)24;/h8-9,13,15H,4-7,10-12,14H2,1-3H3,(H2,25,26,27);1H.